The molecule has 0 saturated heterocycles. The second-order valence-corrected chi connectivity index (χ2v) is 6.30. The molecular weight excluding hydrogens is 310 g/mol. The molecule has 1 aliphatic heterocycles. The summed E-state index contributed by atoms with van der Waals surface area (Å²) in [6, 6.07) is 25.2. The summed E-state index contributed by atoms with van der Waals surface area (Å²) >= 11 is 0. The van der Waals surface area contributed by atoms with Crippen LogP contribution in [0, 0.1) is 0 Å². The summed E-state index contributed by atoms with van der Waals surface area (Å²) < 4.78 is 5.79. The largest absolute Gasteiger partial charge is 0.457 e. The summed E-state index contributed by atoms with van der Waals surface area (Å²) in [4.78, 5) is 14.9. The van der Waals surface area contributed by atoms with Gasteiger partial charge in [0.25, 0.3) is 5.91 Å². The molecule has 1 heterocycles. The highest BCUT2D eigenvalue weighted by atomic mass is 16.5. The number of carbonyl (C=O) groups is 1. The minimum absolute atomic E-state index is 0.0312. The zero-order chi connectivity index (χ0) is 17.2. The second-order valence-electron chi connectivity index (χ2n) is 6.30. The molecule has 0 spiro atoms. The number of hydrogen-bond acceptors (Lipinski definition) is 2. The maximum absolute atomic E-state index is 13.0. The van der Waals surface area contributed by atoms with Crippen molar-refractivity contribution in [2.75, 3.05) is 4.90 Å². The van der Waals surface area contributed by atoms with Crippen LogP contribution >= 0.6 is 0 Å². The number of ether oxygens (including phenoxy) is 1. The number of carbonyl (C=O) groups excluding carboxylic acids is 1. The topological polar surface area (TPSA) is 29.5 Å². The summed E-state index contributed by atoms with van der Waals surface area (Å²) in [5, 5.41) is 0. The van der Waals surface area contributed by atoms with Crippen molar-refractivity contribution < 1.29 is 9.53 Å². The lowest BCUT2D eigenvalue weighted by Crippen LogP contribution is -2.35. The van der Waals surface area contributed by atoms with Crippen LogP contribution in [0.15, 0.2) is 78.9 Å². The molecule has 25 heavy (non-hydrogen) atoms. The molecule has 0 aliphatic carbocycles. The van der Waals surface area contributed by atoms with E-state index >= 15 is 0 Å². The van der Waals surface area contributed by atoms with Crippen molar-refractivity contribution in [1.29, 1.82) is 0 Å². The van der Waals surface area contributed by atoms with Gasteiger partial charge in [-0.15, -0.1) is 0 Å². The van der Waals surface area contributed by atoms with E-state index in [1.165, 1.54) is 5.56 Å². The summed E-state index contributed by atoms with van der Waals surface area (Å²) in [5.41, 5.74) is 2.92. The first-order valence-electron chi connectivity index (χ1n) is 8.47. The van der Waals surface area contributed by atoms with Gasteiger partial charge < -0.3 is 9.64 Å². The Morgan fingerprint density at radius 1 is 0.880 bits per heavy atom. The zero-order valence-corrected chi connectivity index (χ0v) is 14.1. The van der Waals surface area contributed by atoms with Gasteiger partial charge in [0, 0.05) is 17.3 Å². The lowest BCUT2D eigenvalue weighted by molar-refractivity contribution is 0.0981. The summed E-state index contributed by atoms with van der Waals surface area (Å²) in [6.45, 7) is 2.09. The highest BCUT2D eigenvalue weighted by Crippen LogP contribution is 2.33. The first-order valence-corrected chi connectivity index (χ1v) is 8.47. The number of hydrogen-bond donors (Lipinski definition) is 0. The Bertz CT molecular complexity index is 887. The molecule has 0 saturated carbocycles. The molecule has 1 atom stereocenters. The van der Waals surface area contributed by atoms with E-state index in [0.717, 1.165) is 23.6 Å². The van der Waals surface area contributed by atoms with Crippen LogP contribution in [0.3, 0.4) is 0 Å². The van der Waals surface area contributed by atoms with E-state index in [-0.39, 0.29) is 11.9 Å². The van der Waals surface area contributed by atoms with Crippen LogP contribution < -0.4 is 9.64 Å². The number of para-hydroxylation sites is 2. The lowest BCUT2D eigenvalue weighted by atomic mass is 10.1. The quantitative estimate of drug-likeness (QED) is 0.671. The van der Waals surface area contributed by atoms with Crippen molar-refractivity contribution in [2.45, 2.75) is 19.4 Å². The van der Waals surface area contributed by atoms with E-state index < -0.39 is 0 Å². The van der Waals surface area contributed by atoms with Gasteiger partial charge in [-0.1, -0.05) is 36.4 Å². The first-order chi connectivity index (χ1) is 12.2. The molecule has 0 fully saturated rings. The summed E-state index contributed by atoms with van der Waals surface area (Å²) in [6.07, 6.45) is 0.900. The van der Waals surface area contributed by atoms with Gasteiger partial charge in [0.2, 0.25) is 0 Å². The van der Waals surface area contributed by atoms with Crippen molar-refractivity contribution in [3.8, 4) is 11.5 Å². The van der Waals surface area contributed by atoms with E-state index in [9.17, 15) is 4.79 Å². The molecule has 0 N–H and O–H groups in total. The molecule has 1 unspecified atom stereocenters. The molecule has 3 aromatic rings. The highest BCUT2D eigenvalue weighted by molar-refractivity contribution is 6.07. The number of benzene rings is 3. The Kier molecular flexibility index (Phi) is 3.98. The normalized spacial score (nSPS) is 15.7. The third-order valence-corrected chi connectivity index (χ3v) is 4.51. The van der Waals surface area contributed by atoms with Gasteiger partial charge >= 0.3 is 0 Å². The van der Waals surface area contributed by atoms with Gasteiger partial charge in [-0.3, -0.25) is 4.79 Å². The molecule has 0 radical (unpaired) electrons. The zero-order valence-electron chi connectivity index (χ0n) is 14.1. The molecular formula is C22H19NO2. The predicted molar refractivity (Wildman–Crippen MR) is 99.4 cm³/mol. The Hall–Kier alpha value is -3.07. The Balaban J connectivity index is 1.55. The van der Waals surface area contributed by atoms with Gasteiger partial charge in [0.05, 0.1) is 0 Å². The van der Waals surface area contributed by atoms with E-state index in [2.05, 4.69) is 13.0 Å². The van der Waals surface area contributed by atoms with Crippen LogP contribution in [0.4, 0.5) is 5.69 Å². The maximum atomic E-state index is 13.0. The first kappa shape index (κ1) is 15.5. The fraction of sp³-hybridized carbons (Fsp3) is 0.136. The molecule has 3 nitrogen and oxygen atoms in total. The highest BCUT2D eigenvalue weighted by Gasteiger charge is 2.31. The van der Waals surface area contributed by atoms with Crippen LogP contribution in [0.25, 0.3) is 0 Å². The SMILES string of the molecule is CC1Cc2ccccc2N1C(=O)c1ccc(Oc2ccccc2)cc1. The van der Waals surface area contributed by atoms with E-state index in [4.69, 9.17) is 4.74 Å². The molecule has 3 aromatic carbocycles. The summed E-state index contributed by atoms with van der Waals surface area (Å²) in [5.74, 6) is 1.53. The van der Waals surface area contributed by atoms with Crippen LogP contribution in [0.5, 0.6) is 11.5 Å². The minimum atomic E-state index is 0.0312. The molecule has 0 bridgehead atoms. The maximum Gasteiger partial charge on any atom is 0.258 e. The van der Waals surface area contributed by atoms with Crippen LogP contribution in [0.2, 0.25) is 0 Å². The average molecular weight is 329 g/mol. The monoisotopic (exact) mass is 329 g/mol. The molecule has 4 rings (SSSR count). The number of fused-ring (bicyclic) bond motifs is 1. The van der Waals surface area contributed by atoms with Gasteiger partial charge in [-0.25, -0.2) is 0 Å². The fourth-order valence-electron chi connectivity index (χ4n) is 3.30. The number of anilines is 1. The molecule has 1 aliphatic rings. The van der Waals surface area contributed by atoms with Gasteiger partial charge in [0.15, 0.2) is 0 Å². The number of nitrogens with zero attached hydrogens (tertiary/aromatic N) is 1. The van der Waals surface area contributed by atoms with E-state index in [0.29, 0.717) is 5.56 Å². The van der Waals surface area contributed by atoms with Crippen LogP contribution in [-0.2, 0) is 6.42 Å². The van der Waals surface area contributed by atoms with Crippen LogP contribution in [-0.4, -0.2) is 11.9 Å². The third kappa shape index (κ3) is 3.01. The van der Waals surface area contributed by atoms with E-state index in [1.54, 1.807) is 0 Å². The van der Waals surface area contributed by atoms with Crippen molar-refractivity contribution in [1.82, 2.24) is 0 Å². The van der Waals surface area contributed by atoms with Gasteiger partial charge in [0.1, 0.15) is 11.5 Å². The third-order valence-electron chi connectivity index (χ3n) is 4.51. The van der Waals surface area contributed by atoms with Crippen molar-refractivity contribution in [3.63, 3.8) is 0 Å². The number of amides is 1. The average Bonchev–Trinajstić information content (AvgIpc) is 2.98. The lowest BCUT2D eigenvalue weighted by Gasteiger charge is -2.23. The van der Waals surface area contributed by atoms with Crippen molar-refractivity contribution in [2.24, 2.45) is 0 Å². The molecule has 0 aromatic heterocycles. The van der Waals surface area contributed by atoms with Crippen molar-refractivity contribution in [3.05, 3.63) is 90.0 Å². The van der Waals surface area contributed by atoms with Gasteiger partial charge in [-0.2, -0.15) is 0 Å². The molecule has 3 heteroatoms. The van der Waals surface area contributed by atoms with Crippen molar-refractivity contribution >= 4 is 11.6 Å². The Morgan fingerprint density at radius 3 is 2.28 bits per heavy atom. The summed E-state index contributed by atoms with van der Waals surface area (Å²) in [7, 11) is 0. The van der Waals surface area contributed by atoms with Crippen LogP contribution in [0.1, 0.15) is 22.8 Å². The standard InChI is InChI=1S/C22H19NO2/c1-16-15-18-7-5-6-10-21(18)23(16)22(24)17-11-13-20(14-12-17)25-19-8-3-2-4-9-19/h2-14,16H,15H2,1H3. The van der Waals surface area contributed by atoms with Gasteiger partial charge in [-0.05, 0) is 61.4 Å². The smallest absolute Gasteiger partial charge is 0.258 e. The van der Waals surface area contributed by atoms with E-state index in [1.807, 2.05) is 77.7 Å². The predicted octanol–water partition coefficient (Wildman–Crippen LogP) is 5.07. The fourth-order valence-corrected chi connectivity index (χ4v) is 3.30. The minimum Gasteiger partial charge on any atom is -0.457 e. The number of rotatable bonds is 3. The Labute approximate surface area is 147 Å². The molecule has 1 amide bonds. The Morgan fingerprint density at radius 2 is 1.52 bits per heavy atom. The second kappa shape index (κ2) is 6.44. The molecule has 124 valence electrons.